The third-order valence-electron chi connectivity index (χ3n) is 3.02. The Morgan fingerprint density at radius 1 is 1.00 bits per heavy atom. The minimum atomic E-state index is 0.626. The van der Waals surface area contributed by atoms with Gasteiger partial charge in [-0.1, -0.05) is 48.5 Å². The van der Waals surface area contributed by atoms with Crippen LogP contribution in [-0.4, -0.2) is 21.3 Å². The molecule has 0 unspecified atom stereocenters. The van der Waals surface area contributed by atoms with Gasteiger partial charge in [-0.2, -0.15) is 5.10 Å². The summed E-state index contributed by atoms with van der Waals surface area (Å²) in [6, 6.07) is 21.5. The van der Waals surface area contributed by atoms with Crippen LogP contribution in [0.3, 0.4) is 0 Å². The molecule has 0 fully saturated rings. The number of hydrogen-bond donors (Lipinski definition) is 2. The van der Waals surface area contributed by atoms with E-state index in [1.165, 1.54) is 6.34 Å². The number of aliphatic imine (C=N–C) groups is 1. The summed E-state index contributed by atoms with van der Waals surface area (Å²) in [5, 5.41) is 13.3. The Kier molecular flexibility index (Phi) is 3.75. The van der Waals surface area contributed by atoms with Crippen LogP contribution < -0.4 is 5.48 Å². The average molecular weight is 278 g/mol. The first-order valence-corrected chi connectivity index (χ1v) is 6.51. The first-order chi connectivity index (χ1) is 10.4. The molecule has 104 valence electrons. The molecule has 21 heavy (non-hydrogen) atoms. The summed E-state index contributed by atoms with van der Waals surface area (Å²) < 4.78 is 1.73. The van der Waals surface area contributed by atoms with Gasteiger partial charge >= 0.3 is 0 Å². The summed E-state index contributed by atoms with van der Waals surface area (Å²) in [4.78, 5) is 4.16. The van der Waals surface area contributed by atoms with Gasteiger partial charge in [-0.25, -0.2) is 9.67 Å². The zero-order valence-electron chi connectivity index (χ0n) is 11.2. The highest BCUT2D eigenvalue weighted by Crippen LogP contribution is 2.26. The third-order valence-corrected chi connectivity index (χ3v) is 3.02. The minimum absolute atomic E-state index is 0.626. The third kappa shape index (κ3) is 2.82. The predicted octanol–water partition coefficient (Wildman–Crippen LogP) is 3.18. The van der Waals surface area contributed by atoms with Crippen molar-refractivity contribution in [3.8, 4) is 16.9 Å². The summed E-state index contributed by atoms with van der Waals surface area (Å²) in [5.74, 6) is 0.626. The van der Waals surface area contributed by atoms with E-state index in [1.54, 1.807) is 4.68 Å². The first kappa shape index (κ1) is 13.1. The Morgan fingerprint density at radius 2 is 1.67 bits per heavy atom. The largest absolute Gasteiger partial charge is 0.290 e. The van der Waals surface area contributed by atoms with Gasteiger partial charge in [0.1, 0.15) is 6.34 Å². The lowest BCUT2D eigenvalue weighted by molar-refractivity contribution is 0.240. The number of nitrogens with one attached hydrogen (secondary N) is 1. The molecule has 0 saturated carbocycles. The van der Waals surface area contributed by atoms with Crippen LogP contribution in [0.5, 0.6) is 0 Å². The van der Waals surface area contributed by atoms with E-state index in [4.69, 9.17) is 5.21 Å². The van der Waals surface area contributed by atoms with Gasteiger partial charge in [-0.15, -0.1) is 0 Å². The summed E-state index contributed by atoms with van der Waals surface area (Å²) >= 11 is 0. The Labute approximate surface area is 122 Å². The molecule has 0 aliphatic carbocycles. The number of nitrogens with zero attached hydrogens (tertiary/aromatic N) is 3. The highest BCUT2D eigenvalue weighted by atomic mass is 16.5. The van der Waals surface area contributed by atoms with E-state index in [-0.39, 0.29) is 0 Å². The van der Waals surface area contributed by atoms with Gasteiger partial charge in [-0.3, -0.25) is 10.7 Å². The molecular weight excluding hydrogens is 264 g/mol. The lowest BCUT2D eigenvalue weighted by Crippen LogP contribution is -2.02. The summed E-state index contributed by atoms with van der Waals surface area (Å²) in [7, 11) is 0. The molecule has 0 aliphatic rings. The van der Waals surface area contributed by atoms with E-state index in [0.717, 1.165) is 16.9 Å². The van der Waals surface area contributed by atoms with Crippen LogP contribution in [0.1, 0.15) is 0 Å². The summed E-state index contributed by atoms with van der Waals surface area (Å²) in [6.45, 7) is 0. The van der Waals surface area contributed by atoms with E-state index in [0.29, 0.717) is 5.82 Å². The molecule has 1 heterocycles. The van der Waals surface area contributed by atoms with Crippen molar-refractivity contribution in [3.05, 3.63) is 66.7 Å². The van der Waals surface area contributed by atoms with Crippen molar-refractivity contribution in [2.75, 3.05) is 0 Å². The zero-order chi connectivity index (χ0) is 14.5. The van der Waals surface area contributed by atoms with Crippen LogP contribution in [0.2, 0.25) is 0 Å². The SMILES string of the molecule is ON/C=N/c1cc(-c2ccccc2)nn1-c1ccccc1. The van der Waals surface area contributed by atoms with Crippen LogP contribution in [0.15, 0.2) is 71.7 Å². The average Bonchev–Trinajstić information content (AvgIpc) is 2.99. The van der Waals surface area contributed by atoms with Gasteiger partial charge in [0.15, 0.2) is 5.82 Å². The van der Waals surface area contributed by atoms with Gasteiger partial charge < -0.3 is 0 Å². The van der Waals surface area contributed by atoms with Crippen molar-refractivity contribution in [3.63, 3.8) is 0 Å². The fraction of sp³-hybridized carbons (Fsp3) is 0. The second kappa shape index (κ2) is 6.02. The smallest absolute Gasteiger partial charge is 0.158 e. The van der Waals surface area contributed by atoms with Gasteiger partial charge in [0.05, 0.1) is 11.4 Å². The number of para-hydroxylation sites is 1. The van der Waals surface area contributed by atoms with E-state index in [9.17, 15) is 0 Å². The van der Waals surface area contributed by atoms with Crippen LogP contribution in [0, 0.1) is 0 Å². The standard InChI is InChI=1S/C16H14N4O/c21-18-12-17-16-11-15(13-7-3-1-4-8-13)19-20(16)14-9-5-2-6-10-14/h1-12,21H,(H,17,18). The van der Waals surface area contributed by atoms with E-state index >= 15 is 0 Å². The Morgan fingerprint density at radius 3 is 2.33 bits per heavy atom. The van der Waals surface area contributed by atoms with Crippen molar-refractivity contribution in [2.24, 2.45) is 4.99 Å². The predicted molar refractivity (Wildman–Crippen MR) is 82.1 cm³/mol. The fourth-order valence-corrected chi connectivity index (χ4v) is 2.07. The maximum Gasteiger partial charge on any atom is 0.158 e. The fourth-order valence-electron chi connectivity index (χ4n) is 2.07. The normalized spacial score (nSPS) is 10.9. The highest BCUT2D eigenvalue weighted by Gasteiger charge is 2.09. The van der Waals surface area contributed by atoms with Gasteiger partial charge in [-0.05, 0) is 12.1 Å². The Balaban J connectivity index is 2.10. The number of rotatable bonds is 4. The minimum Gasteiger partial charge on any atom is -0.290 e. The molecule has 2 aromatic carbocycles. The molecule has 0 atom stereocenters. The van der Waals surface area contributed by atoms with Crippen LogP contribution in [0.25, 0.3) is 16.9 Å². The van der Waals surface area contributed by atoms with Crippen molar-refractivity contribution >= 4 is 12.2 Å². The number of hydroxylamine groups is 1. The molecule has 0 spiro atoms. The quantitative estimate of drug-likeness (QED) is 0.438. The molecule has 0 saturated heterocycles. The second-order valence-electron chi connectivity index (χ2n) is 4.39. The van der Waals surface area contributed by atoms with E-state index < -0.39 is 0 Å². The molecule has 0 amide bonds. The molecule has 5 nitrogen and oxygen atoms in total. The molecule has 2 N–H and O–H groups in total. The monoisotopic (exact) mass is 278 g/mol. The second-order valence-corrected chi connectivity index (χ2v) is 4.39. The molecule has 1 aromatic heterocycles. The van der Waals surface area contributed by atoms with Crippen molar-refractivity contribution < 1.29 is 5.21 Å². The van der Waals surface area contributed by atoms with Crippen LogP contribution in [0.4, 0.5) is 5.82 Å². The maximum absolute atomic E-state index is 8.68. The molecular formula is C16H14N4O. The topological polar surface area (TPSA) is 62.4 Å². The first-order valence-electron chi connectivity index (χ1n) is 6.51. The van der Waals surface area contributed by atoms with Crippen molar-refractivity contribution in [2.45, 2.75) is 0 Å². The summed E-state index contributed by atoms with van der Waals surface area (Å²) in [6.07, 6.45) is 1.21. The summed E-state index contributed by atoms with van der Waals surface area (Å²) in [5.41, 5.74) is 4.66. The van der Waals surface area contributed by atoms with E-state index in [2.05, 4.69) is 10.1 Å². The van der Waals surface area contributed by atoms with Crippen LogP contribution >= 0.6 is 0 Å². The van der Waals surface area contributed by atoms with Gasteiger partial charge in [0.25, 0.3) is 0 Å². The molecule has 0 aliphatic heterocycles. The van der Waals surface area contributed by atoms with Crippen LogP contribution in [-0.2, 0) is 0 Å². The number of benzene rings is 2. The number of aromatic nitrogens is 2. The Bertz CT molecular complexity index is 735. The molecule has 3 rings (SSSR count). The zero-order valence-corrected chi connectivity index (χ0v) is 11.2. The lowest BCUT2D eigenvalue weighted by atomic mass is 10.2. The van der Waals surface area contributed by atoms with Gasteiger partial charge in [0, 0.05) is 11.6 Å². The molecule has 3 aromatic rings. The van der Waals surface area contributed by atoms with Crippen molar-refractivity contribution in [1.82, 2.24) is 15.3 Å². The Hall–Kier alpha value is -2.92. The number of hydrogen-bond acceptors (Lipinski definition) is 3. The maximum atomic E-state index is 8.68. The highest BCUT2D eigenvalue weighted by molar-refractivity contribution is 5.66. The lowest BCUT2D eigenvalue weighted by Gasteiger charge is -2.03. The molecule has 0 radical (unpaired) electrons. The van der Waals surface area contributed by atoms with Gasteiger partial charge in [0.2, 0.25) is 0 Å². The van der Waals surface area contributed by atoms with E-state index in [1.807, 2.05) is 72.2 Å². The van der Waals surface area contributed by atoms with Crippen molar-refractivity contribution in [1.29, 1.82) is 0 Å². The molecule has 5 heteroatoms. The molecule has 0 bridgehead atoms.